The molecule has 1 amide bonds. The molecule has 0 spiro atoms. The fraction of sp³-hybridized carbons (Fsp3) is 0.875. The van der Waals surface area contributed by atoms with Gasteiger partial charge in [-0.15, -0.1) is 0 Å². The second-order valence-corrected chi connectivity index (χ2v) is 3.40. The third kappa shape index (κ3) is 3.27. The Hall–Kier alpha value is -1.50. The average Bonchev–Trinajstić information content (AvgIpc) is 2.27. The van der Waals surface area contributed by atoms with Crippen LogP contribution in [0.25, 0.3) is 10.4 Å². The summed E-state index contributed by atoms with van der Waals surface area (Å²) in [5.41, 5.74) is 8.39. The highest BCUT2D eigenvalue weighted by molar-refractivity contribution is 5.65. The Morgan fingerprint density at radius 3 is 3.06 bits per heavy atom. The van der Waals surface area contributed by atoms with Crippen molar-refractivity contribution < 1.29 is 19.4 Å². The van der Waals surface area contributed by atoms with Crippen molar-refractivity contribution >= 4 is 6.09 Å². The number of piperidine rings is 1. The molecule has 1 aliphatic rings. The zero-order chi connectivity index (χ0) is 12.0. The van der Waals surface area contributed by atoms with Crippen molar-refractivity contribution in [3.8, 4) is 0 Å². The largest absolute Gasteiger partial charge is 0.465 e. The van der Waals surface area contributed by atoms with Crippen LogP contribution < -0.4 is 0 Å². The average molecular weight is 230 g/mol. The highest BCUT2D eigenvalue weighted by Gasteiger charge is 2.31. The molecule has 0 bridgehead atoms. The quantitative estimate of drug-likeness (QED) is 0.337. The van der Waals surface area contributed by atoms with E-state index >= 15 is 0 Å². The van der Waals surface area contributed by atoms with Gasteiger partial charge in [0, 0.05) is 25.1 Å². The molecule has 1 heterocycles. The molecule has 0 aromatic rings. The number of hydrogen-bond donors (Lipinski definition) is 1. The predicted molar refractivity (Wildman–Crippen MR) is 53.9 cm³/mol. The van der Waals surface area contributed by atoms with E-state index < -0.39 is 12.1 Å². The van der Waals surface area contributed by atoms with Crippen molar-refractivity contribution in [2.24, 2.45) is 5.11 Å². The summed E-state index contributed by atoms with van der Waals surface area (Å²) < 4.78 is 10.1. The highest BCUT2D eigenvalue weighted by Crippen LogP contribution is 2.17. The van der Waals surface area contributed by atoms with Crippen molar-refractivity contribution in [2.75, 3.05) is 27.0 Å². The van der Waals surface area contributed by atoms with Gasteiger partial charge in [0.15, 0.2) is 0 Å². The van der Waals surface area contributed by atoms with Gasteiger partial charge in [-0.2, -0.15) is 0 Å². The number of azide groups is 1. The minimum Gasteiger partial charge on any atom is -0.465 e. The van der Waals surface area contributed by atoms with Crippen molar-refractivity contribution in [1.29, 1.82) is 0 Å². The molecule has 90 valence electrons. The van der Waals surface area contributed by atoms with Crippen molar-refractivity contribution in [3.63, 3.8) is 0 Å². The SMILES string of the molecule is COCOC1CCN(C(=O)O)CC1N=[N+]=[N-]. The fourth-order valence-electron chi connectivity index (χ4n) is 1.61. The lowest BCUT2D eigenvalue weighted by molar-refractivity contribution is -0.0933. The summed E-state index contributed by atoms with van der Waals surface area (Å²) in [7, 11) is 1.49. The van der Waals surface area contributed by atoms with Gasteiger partial charge in [-0.25, -0.2) is 4.79 Å². The summed E-state index contributed by atoms with van der Waals surface area (Å²) >= 11 is 0. The number of hydrogen-bond acceptors (Lipinski definition) is 4. The van der Waals surface area contributed by atoms with Gasteiger partial charge in [-0.1, -0.05) is 5.11 Å². The topological polar surface area (TPSA) is 108 Å². The van der Waals surface area contributed by atoms with E-state index in [-0.39, 0.29) is 19.4 Å². The number of methoxy groups -OCH3 is 1. The third-order valence-corrected chi connectivity index (χ3v) is 2.39. The van der Waals surface area contributed by atoms with Crippen molar-refractivity contribution in [3.05, 3.63) is 10.4 Å². The van der Waals surface area contributed by atoms with Crippen LogP contribution in [0.1, 0.15) is 6.42 Å². The molecule has 16 heavy (non-hydrogen) atoms. The van der Waals surface area contributed by atoms with Gasteiger partial charge in [0.1, 0.15) is 6.79 Å². The van der Waals surface area contributed by atoms with Gasteiger partial charge in [0.25, 0.3) is 0 Å². The smallest absolute Gasteiger partial charge is 0.407 e. The lowest BCUT2D eigenvalue weighted by Crippen LogP contribution is -2.48. The van der Waals surface area contributed by atoms with Crippen molar-refractivity contribution in [1.82, 2.24) is 4.90 Å². The normalized spacial score (nSPS) is 24.9. The molecule has 0 radical (unpaired) electrons. The Labute approximate surface area is 92.4 Å². The summed E-state index contributed by atoms with van der Waals surface area (Å²) in [6, 6.07) is -0.495. The highest BCUT2D eigenvalue weighted by atomic mass is 16.7. The molecule has 0 saturated carbocycles. The van der Waals surface area contributed by atoms with E-state index in [1.165, 1.54) is 12.0 Å². The molecular weight excluding hydrogens is 216 g/mol. The van der Waals surface area contributed by atoms with Crippen LogP contribution in [-0.2, 0) is 9.47 Å². The maximum absolute atomic E-state index is 10.8. The first-order valence-electron chi connectivity index (χ1n) is 4.81. The molecule has 8 heteroatoms. The van der Waals surface area contributed by atoms with Crippen molar-refractivity contribution in [2.45, 2.75) is 18.6 Å². The van der Waals surface area contributed by atoms with Gasteiger partial charge in [0.2, 0.25) is 0 Å². The van der Waals surface area contributed by atoms with E-state index in [0.717, 1.165) is 0 Å². The summed E-state index contributed by atoms with van der Waals surface area (Å²) in [4.78, 5) is 14.7. The molecule has 1 saturated heterocycles. The number of likely N-dealkylation sites (tertiary alicyclic amines) is 1. The summed E-state index contributed by atoms with van der Waals surface area (Å²) in [5, 5.41) is 12.4. The Morgan fingerprint density at radius 1 is 1.75 bits per heavy atom. The maximum atomic E-state index is 10.8. The van der Waals surface area contributed by atoms with E-state index in [4.69, 9.17) is 20.1 Å². The summed E-state index contributed by atoms with van der Waals surface area (Å²) in [5.74, 6) is 0. The number of nitrogens with zero attached hydrogens (tertiary/aromatic N) is 4. The monoisotopic (exact) mass is 230 g/mol. The van der Waals surface area contributed by atoms with Crippen LogP contribution in [0.3, 0.4) is 0 Å². The van der Waals surface area contributed by atoms with Gasteiger partial charge in [-0.05, 0) is 12.0 Å². The molecule has 0 aromatic heterocycles. The molecule has 8 nitrogen and oxygen atoms in total. The molecule has 1 aliphatic heterocycles. The van der Waals surface area contributed by atoms with Crippen LogP contribution in [0, 0.1) is 0 Å². The lowest BCUT2D eigenvalue weighted by atomic mass is 10.0. The number of carboxylic acid groups (broad SMARTS) is 1. The Kier molecular flexibility index (Phi) is 4.84. The number of carbonyl (C=O) groups is 1. The van der Waals surface area contributed by atoms with Crippen LogP contribution in [-0.4, -0.2) is 55.2 Å². The molecule has 0 aliphatic carbocycles. The number of rotatable bonds is 4. The van der Waals surface area contributed by atoms with Gasteiger partial charge in [-0.3, -0.25) is 0 Å². The summed E-state index contributed by atoms with van der Waals surface area (Å²) in [6.45, 7) is 0.643. The first kappa shape index (κ1) is 12.6. The minimum atomic E-state index is -1.01. The van der Waals surface area contributed by atoms with Crippen LogP contribution >= 0.6 is 0 Å². The molecule has 0 aromatic carbocycles. The second kappa shape index (κ2) is 6.16. The Balaban J connectivity index is 2.59. The van der Waals surface area contributed by atoms with Crippen LogP contribution in [0.15, 0.2) is 5.11 Å². The molecular formula is C8H14N4O4. The van der Waals surface area contributed by atoms with Gasteiger partial charge >= 0.3 is 6.09 Å². The van der Waals surface area contributed by atoms with Crippen LogP contribution in [0.2, 0.25) is 0 Å². The first-order chi connectivity index (χ1) is 7.69. The van der Waals surface area contributed by atoms with E-state index in [9.17, 15) is 4.79 Å². The molecule has 2 unspecified atom stereocenters. The van der Waals surface area contributed by atoms with E-state index in [1.807, 2.05) is 0 Å². The summed E-state index contributed by atoms with van der Waals surface area (Å²) in [6.07, 6.45) is -0.797. The molecule has 1 N–H and O–H groups in total. The van der Waals surface area contributed by atoms with Crippen LogP contribution in [0.5, 0.6) is 0 Å². The molecule has 2 atom stereocenters. The molecule has 1 fully saturated rings. The first-order valence-corrected chi connectivity index (χ1v) is 4.81. The van der Waals surface area contributed by atoms with Gasteiger partial charge in [0.05, 0.1) is 12.1 Å². The van der Waals surface area contributed by atoms with E-state index in [0.29, 0.717) is 13.0 Å². The second-order valence-electron chi connectivity index (χ2n) is 3.40. The third-order valence-electron chi connectivity index (χ3n) is 2.39. The Morgan fingerprint density at radius 2 is 2.50 bits per heavy atom. The van der Waals surface area contributed by atoms with E-state index in [1.54, 1.807) is 0 Å². The Bertz CT molecular complexity index is 292. The maximum Gasteiger partial charge on any atom is 0.407 e. The standard InChI is InChI=1S/C8H14N4O4/c1-15-5-16-7-2-3-12(8(13)14)4-6(7)10-11-9/h6-7H,2-5H2,1H3,(H,13,14). The minimum absolute atomic E-state index is 0.106. The zero-order valence-electron chi connectivity index (χ0n) is 8.94. The number of ether oxygens (including phenoxy) is 2. The lowest BCUT2D eigenvalue weighted by Gasteiger charge is -2.34. The fourth-order valence-corrected chi connectivity index (χ4v) is 1.61. The number of amides is 1. The molecule has 1 rings (SSSR count). The van der Waals surface area contributed by atoms with Gasteiger partial charge < -0.3 is 19.5 Å². The van der Waals surface area contributed by atoms with E-state index in [2.05, 4.69) is 10.0 Å². The zero-order valence-corrected chi connectivity index (χ0v) is 8.94. The predicted octanol–water partition coefficient (Wildman–Crippen LogP) is 1.04. The van der Waals surface area contributed by atoms with Crippen LogP contribution in [0.4, 0.5) is 4.79 Å².